The molecular formula is C7H3N2O5Se. The van der Waals surface area contributed by atoms with Crippen molar-refractivity contribution in [2.45, 2.75) is 0 Å². The van der Waals surface area contributed by atoms with E-state index in [1.807, 2.05) is 0 Å². The Bertz CT molecular complexity index is 380. The van der Waals surface area contributed by atoms with Crippen molar-refractivity contribution < 1.29 is 14.6 Å². The average Bonchev–Trinajstić information content (AvgIpc) is 2.16. The van der Waals surface area contributed by atoms with Gasteiger partial charge in [-0.25, -0.2) is 0 Å². The Morgan fingerprint density at radius 2 is 1.47 bits per heavy atom. The summed E-state index contributed by atoms with van der Waals surface area (Å²) in [5.74, 6) is 0. The van der Waals surface area contributed by atoms with Crippen LogP contribution in [-0.4, -0.2) is 30.5 Å². The van der Waals surface area contributed by atoms with Crippen molar-refractivity contribution in [3.05, 3.63) is 44.0 Å². The van der Waals surface area contributed by atoms with Crippen LogP contribution in [0.3, 0.4) is 0 Å². The maximum atomic E-state index is 10.9. The molecule has 0 heterocycles. The molecular weight excluding hydrogens is 271 g/mol. The minimum absolute atomic E-state index is 0.101. The van der Waals surface area contributed by atoms with Crippen molar-refractivity contribution in [1.82, 2.24) is 0 Å². The van der Waals surface area contributed by atoms with Crippen molar-refractivity contribution in [3.63, 3.8) is 0 Å². The quantitative estimate of drug-likeness (QED) is 0.461. The summed E-state index contributed by atoms with van der Waals surface area (Å²) in [4.78, 5) is 30.1. The standard InChI is InChI=1S/C7H3N2O5Se/c10-7(15)4-1-5(8(11)12)3-6(2-4)9(13)14/h1-3H. The fourth-order valence-electron chi connectivity index (χ4n) is 0.924. The predicted octanol–water partition coefficient (Wildman–Crippen LogP) is 0.812. The Labute approximate surface area is 91.2 Å². The molecule has 0 aliphatic heterocycles. The SMILES string of the molecule is O=C([Se])c1cc([N+](=O)[O-])cc([N+](=O)[O-])c1. The molecule has 0 N–H and O–H groups in total. The van der Waals surface area contributed by atoms with Crippen LogP contribution < -0.4 is 0 Å². The van der Waals surface area contributed by atoms with E-state index in [0.29, 0.717) is 0 Å². The molecule has 0 saturated heterocycles. The van der Waals surface area contributed by atoms with Crippen molar-refractivity contribution in [2.75, 3.05) is 0 Å². The van der Waals surface area contributed by atoms with E-state index in [0.717, 1.165) is 18.2 Å². The van der Waals surface area contributed by atoms with Crippen LogP contribution in [0.5, 0.6) is 0 Å². The number of benzene rings is 1. The van der Waals surface area contributed by atoms with Crippen LogP contribution in [0, 0.1) is 20.2 Å². The summed E-state index contributed by atoms with van der Waals surface area (Å²) in [6.45, 7) is 0. The van der Waals surface area contributed by atoms with E-state index in [9.17, 15) is 25.0 Å². The van der Waals surface area contributed by atoms with E-state index in [2.05, 4.69) is 16.0 Å². The molecule has 0 aliphatic rings. The summed E-state index contributed by atoms with van der Waals surface area (Å²) in [5, 5.41) is 20.8. The zero-order chi connectivity index (χ0) is 11.6. The number of nitrogens with zero attached hydrogens (tertiary/aromatic N) is 2. The molecule has 1 aromatic rings. The summed E-state index contributed by atoms with van der Waals surface area (Å²) in [6, 6.07) is 2.75. The Hall–Kier alpha value is -1.79. The first-order chi connectivity index (χ1) is 6.91. The van der Waals surface area contributed by atoms with Gasteiger partial charge in [0.05, 0.1) is 0 Å². The van der Waals surface area contributed by atoms with Crippen LogP contribution in [-0.2, 0) is 0 Å². The summed E-state index contributed by atoms with van der Waals surface area (Å²) >= 11 is 2.10. The van der Waals surface area contributed by atoms with Gasteiger partial charge in [-0.3, -0.25) is 0 Å². The number of hydrogen-bond donors (Lipinski definition) is 0. The van der Waals surface area contributed by atoms with Crippen LogP contribution in [0.1, 0.15) is 10.4 Å². The molecule has 1 aromatic carbocycles. The molecule has 7 nitrogen and oxygen atoms in total. The second-order valence-corrected chi connectivity index (χ2v) is 3.32. The molecule has 1 radical (unpaired) electrons. The monoisotopic (exact) mass is 275 g/mol. The van der Waals surface area contributed by atoms with Crippen molar-refractivity contribution in [3.8, 4) is 0 Å². The van der Waals surface area contributed by atoms with Crippen molar-refractivity contribution >= 4 is 32.1 Å². The molecule has 0 unspecified atom stereocenters. The second kappa shape index (κ2) is 4.16. The third-order valence-electron chi connectivity index (χ3n) is 1.56. The molecule has 8 heteroatoms. The normalized spacial score (nSPS) is 9.60. The van der Waals surface area contributed by atoms with Gasteiger partial charge in [0.2, 0.25) is 0 Å². The predicted molar refractivity (Wildman–Crippen MR) is 49.8 cm³/mol. The van der Waals surface area contributed by atoms with Crippen LogP contribution in [0.2, 0.25) is 0 Å². The summed E-state index contributed by atoms with van der Waals surface area (Å²) in [6.07, 6.45) is 0. The van der Waals surface area contributed by atoms with Gasteiger partial charge in [-0.1, -0.05) is 0 Å². The fraction of sp³-hybridized carbons (Fsp3) is 0. The van der Waals surface area contributed by atoms with Crippen LogP contribution in [0.15, 0.2) is 18.2 Å². The van der Waals surface area contributed by atoms with Gasteiger partial charge in [0.15, 0.2) is 0 Å². The van der Waals surface area contributed by atoms with Gasteiger partial charge < -0.3 is 0 Å². The maximum absolute atomic E-state index is 10.9. The van der Waals surface area contributed by atoms with Gasteiger partial charge in [0.1, 0.15) is 0 Å². The number of nitro benzene ring substituents is 2. The summed E-state index contributed by atoms with van der Waals surface area (Å²) < 4.78 is -0.582. The number of carbonyl (C=O) groups is 1. The van der Waals surface area contributed by atoms with Gasteiger partial charge in [0.25, 0.3) is 0 Å². The summed E-state index contributed by atoms with van der Waals surface area (Å²) in [5.41, 5.74) is -1.07. The molecule has 1 rings (SSSR count). The van der Waals surface area contributed by atoms with Crippen molar-refractivity contribution in [1.29, 1.82) is 0 Å². The van der Waals surface area contributed by atoms with Crippen LogP contribution >= 0.6 is 0 Å². The number of carbonyl (C=O) groups excluding carboxylic acids is 1. The number of hydrogen-bond acceptors (Lipinski definition) is 5. The molecule has 0 aliphatic carbocycles. The molecule has 0 spiro atoms. The van der Waals surface area contributed by atoms with Gasteiger partial charge in [0, 0.05) is 0 Å². The minimum atomic E-state index is -0.792. The Kier molecular flexibility index (Phi) is 3.13. The first-order valence-corrected chi connectivity index (χ1v) is 4.42. The van der Waals surface area contributed by atoms with Gasteiger partial charge in [-0.05, 0) is 0 Å². The third-order valence-corrected chi connectivity index (χ3v) is 2.05. The van der Waals surface area contributed by atoms with E-state index < -0.39 is 25.9 Å². The number of nitro groups is 2. The summed E-state index contributed by atoms with van der Waals surface area (Å²) in [7, 11) is 0. The van der Waals surface area contributed by atoms with E-state index in [-0.39, 0.29) is 5.56 Å². The average molecular weight is 274 g/mol. The zero-order valence-corrected chi connectivity index (χ0v) is 8.79. The molecule has 0 fully saturated rings. The van der Waals surface area contributed by atoms with E-state index in [4.69, 9.17) is 0 Å². The van der Waals surface area contributed by atoms with Crippen LogP contribution in [0.25, 0.3) is 0 Å². The van der Waals surface area contributed by atoms with E-state index in [1.165, 1.54) is 0 Å². The first kappa shape index (κ1) is 11.3. The molecule has 0 atom stereocenters. The van der Waals surface area contributed by atoms with Gasteiger partial charge in [-0.2, -0.15) is 0 Å². The molecule has 77 valence electrons. The molecule has 0 amide bonds. The topological polar surface area (TPSA) is 103 Å². The third kappa shape index (κ3) is 2.58. The molecule has 0 aromatic heterocycles. The van der Waals surface area contributed by atoms with Crippen LogP contribution in [0.4, 0.5) is 11.4 Å². The van der Waals surface area contributed by atoms with Gasteiger partial charge >= 0.3 is 90.7 Å². The van der Waals surface area contributed by atoms with E-state index >= 15 is 0 Å². The van der Waals surface area contributed by atoms with Crippen molar-refractivity contribution in [2.24, 2.45) is 0 Å². The Morgan fingerprint density at radius 3 is 1.73 bits per heavy atom. The van der Waals surface area contributed by atoms with E-state index in [1.54, 1.807) is 0 Å². The number of non-ortho nitro benzene ring substituents is 2. The molecule has 0 bridgehead atoms. The fourth-order valence-corrected chi connectivity index (χ4v) is 1.17. The number of rotatable bonds is 3. The molecule has 0 saturated carbocycles. The molecule has 15 heavy (non-hydrogen) atoms. The first-order valence-electron chi connectivity index (χ1n) is 3.57. The zero-order valence-electron chi connectivity index (χ0n) is 7.08. The van der Waals surface area contributed by atoms with Gasteiger partial charge in [-0.15, -0.1) is 0 Å². The Morgan fingerprint density at radius 1 is 1.07 bits per heavy atom. The second-order valence-electron chi connectivity index (χ2n) is 2.54. The Balaban J connectivity index is 3.39.